The van der Waals surface area contributed by atoms with Crippen molar-refractivity contribution >= 4 is 0 Å². The van der Waals surface area contributed by atoms with Crippen LogP contribution in [0.2, 0.25) is 0 Å². The summed E-state index contributed by atoms with van der Waals surface area (Å²) in [6, 6.07) is 9.73. The first-order valence-corrected chi connectivity index (χ1v) is 6.04. The molecular weight excluding hydrogens is 224 g/mol. The third-order valence-corrected chi connectivity index (χ3v) is 3.39. The average molecular weight is 242 g/mol. The van der Waals surface area contributed by atoms with E-state index in [1.54, 1.807) is 10.6 Å². The lowest BCUT2D eigenvalue weighted by Gasteiger charge is -2.15. The van der Waals surface area contributed by atoms with Gasteiger partial charge < -0.3 is 5.73 Å². The van der Waals surface area contributed by atoms with Gasteiger partial charge >= 0.3 is 0 Å². The molecule has 94 valence electrons. The van der Waals surface area contributed by atoms with Gasteiger partial charge in [-0.25, -0.2) is 0 Å². The molecule has 0 saturated carbocycles. The second-order valence-electron chi connectivity index (χ2n) is 4.56. The third kappa shape index (κ3) is 1.97. The van der Waals surface area contributed by atoms with Crippen LogP contribution in [-0.2, 0) is 6.54 Å². The molecule has 0 saturated heterocycles. The van der Waals surface area contributed by atoms with Crippen LogP contribution in [0.5, 0.6) is 0 Å². The second-order valence-corrected chi connectivity index (χ2v) is 4.56. The van der Waals surface area contributed by atoms with Gasteiger partial charge in [0.05, 0.1) is 5.69 Å². The molecule has 0 amide bonds. The highest BCUT2D eigenvalue weighted by molar-refractivity contribution is 5.46. The van der Waals surface area contributed by atoms with Crippen LogP contribution >= 0.6 is 0 Å². The Kier molecular flexibility index (Phi) is 3.34. The Hall–Kier alpha value is -1.87. The van der Waals surface area contributed by atoms with E-state index < -0.39 is 0 Å². The van der Waals surface area contributed by atoms with Crippen molar-refractivity contribution in [2.45, 2.75) is 27.3 Å². The topological polar surface area (TPSA) is 48.0 Å². The first-order chi connectivity index (χ1) is 8.56. The van der Waals surface area contributed by atoms with E-state index in [4.69, 9.17) is 5.73 Å². The molecule has 0 atom stereocenters. The molecule has 2 N–H and O–H groups in total. The smallest absolute Gasteiger partial charge is 0.259 e. The predicted octanol–water partition coefficient (Wildman–Crippen LogP) is 2.22. The van der Waals surface area contributed by atoms with Crippen molar-refractivity contribution in [2.75, 3.05) is 0 Å². The fraction of sp³-hybridized carbons (Fsp3) is 0.267. The van der Waals surface area contributed by atoms with E-state index in [1.807, 2.05) is 45.0 Å². The minimum absolute atomic E-state index is 0.0220. The predicted molar refractivity (Wildman–Crippen MR) is 74.1 cm³/mol. The van der Waals surface area contributed by atoms with Crippen molar-refractivity contribution in [3.63, 3.8) is 0 Å². The molecule has 0 radical (unpaired) electrons. The minimum Gasteiger partial charge on any atom is -0.326 e. The Labute approximate surface area is 107 Å². The highest BCUT2D eigenvalue weighted by Gasteiger charge is 2.10. The zero-order chi connectivity index (χ0) is 13.3. The number of nitrogens with zero attached hydrogens (tertiary/aromatic N) is 1. The summed E-state index contributed by atoms with van der Waals surface area (Å²) >= 11 is 0. The molecular formula is C15H18N2O. The van der Waals surface area contributed by atoms with Crippen molar-refractivity contribution in [1.29, 1.82) is 0 Å². The quantitative estimate of drug-likeness (QED) is 0.877. The Balaban J connectivity index is 2.79. The molecule has 0 aliphatic carbocycles. The zero-order valence-electron chi connectivity index (χ0n) is 11.0. The van der Waals surface area contributed by atoms with Crippen LogP contribution in [0, 0.1) is 20.8 Å². The van der Waals surface area contributed by atoms with E-state index in [0.717, 1.165) is 16.9 Å². The first-order valence-electron chi connectivity index (χ1n) is 6.04. The molecule has 0 unspecified atom stereocenters. The molecule has 1 aromatic heterocycles. The average Bonchev–Trinajstić information content (AvgIpc) is 2.35. The Morgan fingerprint density at radius 1 is 1.11 bits per heavy atom. The van der Waals surface area contributed by atoms with E-state index in [2.05, 4.69) is 0 Å². The van der Waals surface area contributed by atoms with Gasteiger partial charge in [0.25, 0.3) is 5.56 Å². The van der Waals surface area contributed by atoms with E-state index in [9.17, 15) is 4.79 Å². The van der Waals surface area contributed by atoms with E-state index in [0.29, 0.717) is 5.56 Å². The standard InChI is InChI=1S/C15H18N2O/c1-10-5-4-6-14(12(10)3)17-11(2)7-8-13(9-16)15(17)18/h4-8H,9,16H2,1-3H3. The first kappa shape index (κ1) is 12.6. The van der Waals surface area contributed by atoms with E-state index in [-0.39, 0.29) is 12.1 Å². The van der Waals surface area contributed by atoms with Crippen LogP contribution in [-0.4, -0.2) is 4.57 Å². The molecule has 0 bridgehead atoms. The van der Waals surface area contributed by atoms with Crippen molar-refractivity contribution in [3.8, 4) is 5.69 Å². The maximum Gasteiger partial charge on any atom is 0.259 e. The van der Waals surface area contributed by atoms with Gasteiger partial charge in [0.1, 0.15) is 0 Å². The highest BCUT2D eigenvalue weighted by Crippen LogP contribution is 2.17. The van der Waals surface area contributed by atoms with Crippen molar-refractivity contribution in [3.05, 3.63) is 63.1 Å². The fourth-order valence-corrected chi connectivity index (χ4v) is 2.10. The van der Waals surface area contributed by atoms with Crippen LogP contribution in [0.3, 0.4) is 0 Å². The van der Waals surface area contributed by atoms with Gasteiger partial charge in [0, 0.05) is 17.8 Å². The second kappa shape index (κ2) is 4.78. The number of rotatable bonds is 2. The highest BCUT2D eigenvalue weighted by atomic mass is 16.1. The molecule has 0 spiro atoms. The molecule has 1 heterocycles. The third-order valence-electron chi connectivity index (χ3n) is 3.39. The summed E-state index contributed by atoms with van der Waals surface area (Å²) in [5.41, 5.74) is 10.4. The zero-order valence-corrected chi connectivity index (χ0v) is 11.0. The van der Waals surface area contributed by atoms with Crippen LogP contribution in [0.1, 0.15) is 22.4 Å². The molecule has 0 aliphatic rings. The molecule has 2 aromatic rings. The fourth-order valence-electron chi connectivity index (χ4n) is 2.10. The Morgan fingerprint density at radius 2 is 1.83 bits per heavy atom. The maximum absolute atomic E-state index is 12.4. The largest absolute Gasteiger partial charge is 0.326 e. The number of pyridine rings is 1. The van der Waals surface area contributed by atoms with Gasteiger partial charge in [-0.05, 0) is 44.0 Å². The number of hydrogen-bond donors (Lipinski definition) is 1. The summed E-state index contributed by atoms with van der Waals surface area (Å²) < 4.78 is 1.74. The van der Waals surface area contributed by atoms with Crippen molar-refractivity contribution < 1.29 is 0 Å². The lowest BCUT2D eigenvalue weighted by Crippen LogP contribution is -2.26. The van der Waals surface area contributed by atoms with Gasteiger partial charge in [0.2, 0.25) is 0 Å². The van der Waals surface area contributed by atoms with Crippen LogP contribution in [0.25, 0.3) is 5.69 Å². The van der Waals surface area contributed by atoms with Gasteiger partial charge in [-0.3, -0.25) is 9.36 Å². The summed E-state index contributed by atoms with van der Waals surface area (Å²) in [7, 11) is 0. The van der Waals surface area contributed by atoms with E-state index >= 15 is 0 Å². The Bertz CT molecular complexity index is 641. The van der Waals surface area contributed by atoms with Crippen molar-refractivity contribution in [2.24, 2.45) is 5.73 Å². The van der Waals surface area contributed by atoms with Gasteiger partial charge in [0.15, 0.2) is 0 Å². The number of aryl methyl sites for hydroxylation is 2. The minimum atomic E-state index is -0.0220. The van der Waals surface area contributed by atoms with Gasteiger partial charge in [-0.15, -0.1) is 0 Å². The molecule has 1 aromatic carbocycles. The lowest BCUT2D eigenvalue weighted by molar-refractivity contribution is 0.881. The van der Waals surface area contributed by atoms with Crippen LogP contribution in [0.15, 0.2) is 35.1 Å². The maximum atomic E-state index is 12.4. The summed E-state index contributed by atoms with van der Waals surface area (Å²) in [4.78, 5) is 12.4. The summed E-state index contributed by atoms with van der Waals surface area (Å²) in [6.07, 6.45) is 0. The summed E-state index contributed by atoms with van der Waals surface area (Å²) in [5.74, 6) is 0. The van der Waals surface area contributed by atoms with Crippen LogP contribution < -0.4 is 11.3 Å². The SMILES string of the molecule is Cc1cccc(-n2c(C)ccc(CN)c2=O)c1C. The van der Waals surface area contributed by atoms with Crippen LogP contribution in [0.4, 0.5) is 0 Å². The summed E-state index contributed by atoms with van der Waals surface area (Å²) in [6.45, 7) is 6.28. The van der Waals surface area contributed by atoms with Gasteiger partial charge in [-0.2, -0.15) is 0 Å². The number of nitrogens with two attached hydrogens (primary N) is 1. The number of hydrogen-bond acceptors (Lipinski definition) is 2. The molecule has 2 rings (SSSR count). The van der Waals surface area contributed by atoms with Gasteiger partial charge in [-0.1, -0.05) is 18.2 Å². The summed E-state index contributed by atoms with van der Waals surface area (Å²) in [5, 5.41) is 0. The lowest BCUT2D eigenvalue weighted by atomic mass is 10.1. The molecule has 3 nitrogen and oxygen atoms in total. The molecule has 0 aliphatic heterocycles. The monoisotopic (exact) mass is 242 g/mol. The molecule has 3 heteroatoms. The Morgan fingerprint density at radius 3 is 2.50 bits per heavy atom. The molecule has 0 fully saturated rings. The number of benzene rings is 1. The van der Waals surface area contributed by atoms with E-state index in [1.165, 1.54) is 5.56 Å². The molecule has 18 heavy (non-hydrogen) atoms. The normalized spacial score (nSPS) is 10.7. The number of aromatic nitrogens is 1. The van der Waals surface area contributed by atoms with Crippen molar-refractivity contribution in [1.82, 2.24) is 4.57 Å².